The zero-order valence-corrected chi connectivity index (χ0v) is 15.2. The molecule has 1 aromatic heterocycles. The molecule has 0 radical (unpaired) electrons. The summed E-state index contributed by atoms with van der Waals surface area (Å²) in [6.45, 7) is 4.00. The Balaban J connectivity index is 1.61. The Bertz CT molecular complexity index is 841. The number of para-hydroxylation sites is 1. The van der Waals surface area contributed by atoms with Crippen molar-refractivity contribution >= 4 is 34.7 Å². The fourth-order valence-corrected chi connectivity index (χ4v) is 3.75. The molecule has 0 aliphatic rings. The highest BCUT2D eigenvalue weighted by Crippen LogP contribution is 2.24. The number of aryl methyl sites for hydroxylation is 2. The zero-order valence-electron chi connectivity index (χ0n) is 13.6. The molecule has 1 heterocycles. The van der Waals surface area contributed by atoms with Crippen LogP contribution in [0, 0.1) is 13.8 Å². The second-order valence-corrected chi connectivity index (χ2v) is 7.55. The molecule has 0 bridgehead atoms. The predicted octanol–water partition coefficient (Wildman–Crippen LogP) is 5.30. The molecule has 0 fully saturated rings. The molecule has 1 N–H and O–H groups in total. The van der Waals surface area contributed by atoms with E-state index in [2.05, 4.69) is 15.7 Å². The van der Waals surface area contributed by atoms with E-state index in [-0.39, 0.29) is 5.91 Å². The van der Waals surface area contributed by atoms with Gasteiger partial charge in [0.2, 0.25) is 0 Å². The van der Waals surface area contributed by atoms with E-state index in [0.29, 0.717) is 5.56 Å². The molecule has 3 nitrogen and oxygen atoms in total. The van der Waals surface area contributed by atoms with E-state index in [1.165, 1.54) is 0 Å². The van der Waals surface area contributed by atoms with Crippen molar-refractivity contribution < 1.29 is 4.79 Å². The van der Waals surface area contributed by atoms with E-state index >= 15 is 0 Å². The molecule has 122 valence electrons. The third-order valence-electron chi connectivity index (χ3n) is 3.56. The Morgan fingerprint density at radius 3 is 2.54 bits per heavy atom. The Hall–Kier alpha value is -2.11. The van der Waals surface area contributed by atoms with Crippen LogP contribution in [0.25, 0.3) is 0 Å². The van der Waals surface area contributed by atoms with Gasteiger partial charge in [0.05, 0.1) is 10.7 Å². The molecule has 24 heavy (non-hydrogen) atoms. The van der Waals surface area contributed by atoms with Crippen molar-refractivity contribution in [1.82, 2.24) is 4.98 Å². The molecule has 0 aliphatic heterocycles. The monoisotopic (exact) mass is 354 g/mol. The summed E-state index contributed by atoms with van der Waals surface area (Å²) in [6.07, 6.45) is 0. The number of benzene rings is 2. The van der Waals surface area contributed by atoms with Gasteiger partial charge in [0, 0.05) is 27.3 Å². The largest absolute Gasteiger partial charge is 0.322 e. The number of anilines is 1. The van der Waals surface area contributed by atoms with Gasteiger partial charge >= 0.3 is 0 Å². The van der Waals surface area contributed by atoms with Gasteiger partial charge in [0.15, 0.2) is 0 Å². The summed E-state index contributed by atoms with van der Waals surface area (Å²) in [5.74, 6) is 0.759. The highest BCUT2D eigenvalue weighted by atomic mass is 32.2. The summed E-state index contributed by atoms with van der Waals surface area (Å²) in [5, 5.41) is 6.13. The van der Waals surface area contributed by atoms with Crippen molar-refractivity contribution in [3.8, 4) is 0 Å². The molecule has 3 rings (SSSR count). The van der Waals surface area contributed by atoms with E-state index in [9.17, 15) is 4.79 Å². The lowest BCUT2D eigenvalue weighted by Gasteiger charge is -2.08. The van der Waals surface area contributed by atoms with Crippen molar-refractivity contribution in [2.24, 2.45) is 0 Å². The van der Waals surface area contributed by atoms with Crippen LogP contribution in [-0.4, -0.2) is 10.9 Å². The van der Waals surface area contributed by atoms with Crippen molar-refractivity contribution in [2.75, 3.05) is 5.32 Å². The van der Waals surface area contributed by atoms with Gasteiger partial charge in [0.25, 0.3) is 5.91 Å². The van der Waals surface area contributed by atoms with E-state index in [0.717, 1.165) is 32.6 Å². The molecule has 2 aromatic carbocycles. The first-order valence-corrected chi connectivity index (χ1v) is 9.49. The van der Waals surface area contributed by atoms with E-state index < -0.39 is 0 Å². The lowest BCUT2D eigenvalue weighted by Crippen LogP contribution is -2.12. The first-order valence-electron chi connectivity index (χ1n) is 7.62. The highest BCUT2D eigenvalue weighted by Gasteiger charge is 2.08. The quantitative estimate of drug-likeness (QED) is 0.632. The average molecular weight is 355 g/mol. The van der Waals surface area contributed by atoms with Gasteiger partial charge in [-0.3, -0.25) is 4.79 Å². The van der Waals surface area contributed by atoms with Crippen LogP contribution in [0.3, 0.4) is 0 Å². The predicted molar refractivity (Wildman–Crippen MR) is 102 cm³/mol. The Morgan fingerprint density at radius 1 is 1.12 bits per heavy atom. The Labute approximate surface area is 150 Å². The first-order chi connectivity index (χ1) is 11.6. The summed E-state index contributed by atoms with van der Waals surface area (Å²) in [7, 11) is 0. The molecular formula is C19H18N2OS2. The first kappa shape index (κ1) is 16.7. The van der Waals surface area contributed by atoms with Crippen molar-refractivity contribution in [3.63, 3.8) is 0 Å². The molecule has 1 amide bonds. The van der Waals surface area contributed by atoms with Crippen LogP contribution in [0.5, 0.6) is 0 Å². The smallest absolute Gasteiger partial charge is 0.255 e. The fourth-order valence-electron chi connectivity index (χ4n) is 2.24. The molecule has 0 saturated carbocycles. The van der Waals surface area contributed by atoms with Gasteiger partial charge in [-0.2, -0.15) is 0 Å². The minimum atomic E-state index is -0.0871. The normalized spacial score (nSPS) is 10.6. The SMILES string of the molecule is Cc1nc(CSc2ccc(C(=O)Nc3ccccc3C)cc2)cs1. The molecule has 0 saturated heterocycles. The standard InChI is InChI=1S/C19H18N2OS2/c1-13-5-3-4-6-18(13)21-19(22)15-7-9-17(10-8-15)24-12-16-11-23-14(2)20-16/h3-11H,12H2,1-2H3,(H,21,22). The van der Waals surface area contributed by atoms with E-state index in [1.54, 1.807) is 23.1 Å². The van der Waals surface area contributed by atoms with Crippen LogP contribution >= 0.6 is 23.1 Å². The van der Waals surface area contributed by atoms with Gasteiger partial charge in [-0.25, -0.2) is 4.98 Å². The van der Waals surface area contributed by atoms with Gasteiger partial charge in [-0.15, -0.1) is 23.1 Å². The summed E-state index contributed by atoms with van der Waals surface area (Å²) in [4.78, 5) is 17.9. The summed E-state index contributed by atoms with van der Waals surface area (Å²) >= 11 is 3.40. The maximum absolute atomic E-state index is 12.3. The topological polar surface area (TPSA) is 42.0 Å². The molecular weight excluding hydrogens is 336 g/mol. The van der Waals surface area contributed by atoms with E-state index in [1.807, 2.05) is 62.4 Å². The second-order valence-electron chi connectivity index (χ2n) is 5.44. The number of thiazole rings is 1. The number of hydrogen-bond donors (Lipinski definition) is 1. The highest BCUT2D eigenvalue weighted by molar-refractivity contribution is 7.98. The van der Waals surface area contributed by atoms with Crippen LogP contribution in [0.15, 0.2) is 58.8 Å². The van der Waals surface area contributed by atoms with Crippen LogP contribution in [0.1, 0.15) is 26.6 Å². The Kier molecular flexibility index (Phi) is 5.33. The number of carbonyl (C=O) groups excluding carboxylic acids is 1. The van der Waals surface area contributed by atoms with Crippen molar-refractivity contribution in [1.29, 1.82) is 0 Å². The molecule has 3 aromatic rings. The number of nitrogens with zero attached hydrogens (tertiary/aromatic N) is 1. The maximum Gasteiger partial charge on any atom is 0.255 e. The van der Waals surface area contributed by atoms with Crippen LogP contribution in [0.2, 0.25) is 0 Å². The lowest BCUT2D eigenvalue weighted by atomic mass is 10.1. The maximum atomic E-state index is 12.3. The van der Waals surface area contributed by atoms with E-state index in [4.69, 9.17) is 0 Å². The number of carbonyl (C=O) groups is 1. The minimum absolute atomic E-state index is 0.0871. The van der Waals surface area contributed by atoms with Crippen LogP contribution in [-0.2, 0) is 5.75 Å². The van der Waals surface area contributed by atoms with Gasteiger partial charge in [-0.05, 0) is 49.7 Å². The summed E-state index contributed by atoms with van der Waals surface area (Å²) in [6, 6.07) is 15.5. The summed E-state index contributed by atoms with van der Waals surface area (Å²) < 4.78 is 0. The van der Waals surface area contributed by atoms with Crippen LogP contribution in [0.4, 0.5) is 5.69 Å². The van der Waals surface area contributed by atoms with Gasteiger partial charge in [0.1, 0.15) is 0 Å². The molecule has 0 atom stereocenters. The van der Waals surface area contributed by atoms with Crippen LogP contribution < -0.4 is 5.32 Å². The summed E-state index contributed by atoms with van der Waals surface area (Å²) in [5.41, 5.74) is 3.66. The fraction of sp³-hybridized carbons (Fsp3) is 0.158. The van der Waals surface area contributed by atoms with Crippen molar-refractivity contribution in [2.45, 2.75) is 24.5 Å². The molecule has 0 unspecified atom stereocenters. The third-order valence-corrected chi connectivity index (χ3v) is 5.43. The number of rotatable bonds is 5. The average Bonchev–Trinajstić information content (AvgIpc) is 3.01. The number of hydrogen-bond acceptors (Lipinski definition) is 4. The van der Waals surface area contributed by atoms with Gasteiger partial charge in [-0.1, -0.05) is 18.2 Å². The van der Waals surface area contributed by atoms with Crippen molar-refractivity contribution in [3.05, 3.63) is 75.7 Å². The second kappa shape index (κ2) is 7.64. The van der Waals surface area contributed by atoms with Gasteiger partial charge < -0.3 is 5.32 Å². The minimum Gasteiger partial charge on any atom is -0.322 e. The molecule has 5 heteroatoms. The molecule has 0 aliphatic carbocycles. The number of aromatic nitrogens is 1. The Morgan fingerprint density at radius 2 is 1.88 bits per heavy atom. The molecule has 0 spiro atoms. The zero-order chi connectivity index (χ0) is 16.9. The number of amides is 1. The lowest BCUT2D eigenvalue weighted by molar-refractivity contribution is 0.102. The third kappa shape index (κ3) is 4.24. The number of nitrogens with one attached hydrogen (secondary N) is 1. The number of thioether (sulfide) groups is 1.